The number of hydrogen-bond donors (Lipinski definition) is 0. The molecule has 0 bridgehead atoms. The third-order valence-corrected chi connectivity index (χ3v) is 3.92. The lowest BCUT2D eigenvalue weighted by atomic mass is 10.0. The summed E-state index contributed by atoms with van der Waals surface area (Å²) in [5, 5.41) is 0. The molecule has 0 saturated carbocycles. The Morgan fingerprint density at radius 1 is 1.17 bits per heavy atom. The monoisotopic (exact) mass is 313 g/mol. The highest BCUT2D eigenvalue weighted by Crippen LogP contribution is 2.26. The zero-order chi connectivity index (χ0) is 16.1. The Balaban J connectivity index is 1.51. The quantitative estimate of drug-likeness (QED) is 0.796. The summed E-state index contributed by atoms with van der Waals surface area (Å²) in [6, 6.07) is 11.4. The first kappa shape index (κ1) is 15.3. The van der Waals surface area contributed by atoms with E-state index in [1.54, 1.807) is 17.2 Å². The van der Waals surface area contributed by atoms with Crippen molar-refractivity contribution < 1.29 is 18.7 Å². The normalized spacial score (nSPS) is 13.5. The number of furan rings is 1. The van der Waals surface area contributed by atoms with Crippen LogP contribution in [0.2, 0.25) is 0 Å². The summed E-state index contributed by atoms with van der Waals surface area (Å²) < 4.78 is 10.3. The Labute approximate surface area is 134 Å². The van der Waals surface area contributed by atoms with Gasteiger partial charge in [-0.15, -0.1) is 0 Å². The maximum Gasteiger partial charge on any atom is 0.306 e. The minimum atomic E-state index is -0.389. The van der Waals surface area contributed by atoms with Crippen LogP contribution in [0.5, 0.6) is 0 Å². The molecule has 1 aliphatic heterocycles. The minimum absolute atomic E-state index is 0.177. The van der Waals surface area contributed by atoms with Gasteiger partial charge in [-0.25, -0.2) is 0 Å². The average Bonchev–Trinajstić information content (AvgIpc) is 3.11. The Morgan fingerprint density at radius 2 is 2.04 bits per heavy atom. The van der Waals surface area contributed by atoms with Gasteiger partial charge in [0, 0.05) is 18.7 Å². The number of para-hydroxylation sites is 1. The molecule has 23 heavy (non-hydrogen) atoms. The molecule has 0 fully saturated rings. The van der Waals surface area contributed by atoms with Crippen molar-refractivity contribution in [1.82, 2.24) is 0 Å². The molecule has 0 radical (unpaired) electrons. The van der Waals surface area contributed by atoms with Crippen LogP contribution >= 0.6 is 0 Å². The zero-order valence-corrected chi connectivity index (χ0v) is 12.9. The topological polar surface area (TPSA) is 59.8 Å². The lowest BCUT2D eigenvalue weighted by molar-refractivity contribution is -0.147. The van der Waals surface area contributed by atoms with Crippen molar-refractivity contribution in [3.63, 3.8) is 0 Å². The molecular formula is C18H19NO4. The molecule has 0 atom stereocenters. The van der Waals surface area contributed by atoms with Gasteiger partial charge < -0.3 is 14.1 Å². The number of carbonyl (C=O) groups is 2. The Morgan fingerprint density at radius 3 is 2.87 bits per heavy atom. The van der Waals surface area contributed by atoms with Gasteiger partial charge in [-0.3, -0.25) is 9.59 Å². The number of esters is 1. The molecule has 5 nitrogen and oxygen atoms in total. The van der Waals surface area contributed by atoms with Crippen molar-refractivity contribution in [2.24, 2.45) is 0 Å². The molecule has 2 aromatic rings. The summed E-state index contributed by atoms with van der Waals surface area (Å²) in [7, 11) is 0. The highest BCUT2D eigenvalue weighted by atomic mass is 16.5. The molecule has 1 aromatic carbocycles. The molecule has 1 amide bonds. The van der Waals surface area contributed by atoms with E-state index in [0.29, 0.717) is 13.0 Å². The van der Waals surface area contributed by atoms with E-state index < -0.39 is 0 Å². The van der Waals surface area contributed by atoms with Crippen molar-refractivity contribution in [2.45, 2.75) is 25.7 Å². The number of hydrogen-bond acceptors (Lipinski definition) is 4. The van der Waals surface area contributed by atoms with E-state index in [0.717, 1.165) is 29.9 Å². The molecular weight excluding hydrogens is 294 g/mol. The summed E-state index contributed by atoms with van der Waals surface area (Å²) in [5.74, 6) is 0.168. The zero-order valence-electron chi connectivity index (χ0n) is 12.9. The second-order valence-electron chi connectivity index (χ2n) is 5.52. The molecule has 2 heterocycles. The van der Waals surface area contributed by atoms with Gasteiger partial charge >= 0.3 is 5.97 Å². The predicted molar refractivity (Wildman–Crippen MR) is 85.1 cm³/mol. The van der Waals surface area contributed by atoms with Crippen LogP contribution in [0.25, 0.3) is 0 Å². The lowest BCUT2D eigenvalue weighted by Gasteiger charge is -2.29. The van der Waals surface area contributed by atoms with Crippen LogP contribution in [0, 0.1) is 0 Å². The molecule has 0 spiro atoms. The molecule has 0 saturated heterocycles. The van der Waals surface area contributed by atoms with Crippen LogP contribution in [0.4, 0.5) is 5.69 Å². The van der Waals surface area contributed by atoms with Gasteiger partial charge in [0.15, 0.2) is 6.61 Å². The number of nitrogens with zero attached hydrogens (tertiary/aromatic N) is 1. The number of rotatable bonds is 5. The number of aryl methyl sites for hydroxylation is 2. The summed E-state index contributed by atoms with van der Waals surface area (Å²) in [5.41, 5.74) is 2.09. The van der Waals surface area contributed by atoms with Crippen LogP contribution < -0.4 is 4.90 Å². The van der Waals surface area contributed by atoms with E-state index in [1.165, 1.54) is 0 Å². The van der Waals surface area contributed by atoms with Crippen molar-refractivity contribution in [2.75, 3.05) is 18.1 Å². The number of carbonyl (C=O) groups excluding carboxylic acids is 2. The summed E-state index contributed by atoms with van der Waals surface area (Å²) in [6.07, 6.45) is 4.15. The van der Waals surface area contributed by atoms with Crippen LogP contribution in [0.15, 0.2) is 47.1 Å². The highest BCUT2D eigenvalue weighted by molar-refractivity contribution is 5.96. The van der Waals surface area contributed by atoms with E-state index in [9.17, 15) is 9.59 Å². The van der Waals surface area contributed by atoms with Crippen LogP contribution in [0.1, 0.15) is 24.2 Å². The smallest absolute Gasteiger partial charge is 0.306 e. The maximum atomic E-state index is 12.3. The van der Waals surface area contributed by atoms with Gasteiger partial charge in [-0.2, -0.15) is 0 Å². The number of benzene rings is 1. The van der Waals surface area contributed by atoms with Gasteiger partial charge in [0.1, 0.15) is 5.76 Å². The molecule has 5 heteroatoms. The Bertz CT molecular complexity index is 678. The largest absolute Gasteiger partial charge is 0.469 e. The molecule has 120 valence electrons. The van der Waals surface area contributed by atoms with Crippen LogP contribution in [-0.4, -0.2) is 25.0 Å². The summed E-state index contributed by atoms with van der Waals surface area (Å²) >= 11 is 0. The van der Waals surface area contributed by atoms with E-state index >= 15 is 0 Å². The van der Waals surface area contributed by atoms with Crippen LogP contribution in [0.3, 0.4) is 0 Å². The van der Waals surface area contributed by atoms with Gasteiger partial charge in [-0.05, 0) is 36.6 Å². The second kappa shape index (κ2) is 7.13. The van der Waals surface area contributed by atoms with Crippen molar-refractivity contribution >= 4 is 17.6 Å². The number of anilines is 1. The summed E-state index contributed by atoms with van der Waals surface area (Å²) in [4.78, 5) is 25.8. The minimum Gasteiger partial charge on any atom is -0.469 e. The van der Waals surface area contributed by atoms with Crippen molar-refractivity contribution in [1.29, 1.82) is 0 Å². The highest BCUT2D eigenvalue weighted by Gasteiger charge is 2.22. The number of ether oxygens (including phenoxy) is 1. The third kappa shape index (κ3) is 3.80. The van der Waals surface area contributed by atoms with Crippen LogP contribution in [-0.2, 0) is 27.2 Å². The summed E-state index contributed by atoms with van der Waals surface area (Å²) in [6.45, 7) is 0.450. The van der Waals surface area contributed by atoms with Gasteiger partial charge in [0.05, 0.1) is 12.7 Å². The lowest BCUT2D eigenvalue weighted by Crippen LogP contribution is -2.38. The first-order valence-electron chi connectivity index (χ1n) is 7.80. The standard InChI is InChI=1S/C18H19NO4/c20-17(13-23-18(21)10-9-15-7-4-12-22-15)19-11-3-6-14-5-1-2-8-16(14)19/h1-2,4-5,7-8,12H,3,6,9-11,13H2. The molecule has 0 unspecified atom stereocenters. The molecule has 1 aromatic heterocycles. The molecule has 3 rings (SSSR count). The molecule has 0 N–H and O–H groups in total. The van der Waals surface area contributed by atoms with E-state index in [2.05, 4.69) is 0 Å². The maximum absolute atomic E-state index is 12.3. The van der Waals surface area contributed by atoms with E-state index in [-0.39, 0.29) is 24.9 Å². The Hall–Kier alpha value is -2.56. The fourth-order valence-electron chi connectivity index (χ4n) is 2.77. The molecule has 1 aliphatic rings. The van der Waals surface area contributed by atoms with Gasteiger partial charge in [0.2, 0.25) is 0 Å². The second-order valence-corrected chi connectivity index (χ2v) is 5.52. The average molecular weight is 313 g/mol. The van der Waals surface area contributed by atoms with Gasteiger partial charge in [0.25, 0.3) is 5.91 Å². The Kier molecular flexibility index (Phi) is 4.76. The van der Waals surface area contributed by atoms with Gasteiger partial charge in [-0.1, -0.05) is 18.2 Å². The third-order valence-electron chi connectivity index (χ3n) is 3.92. The van der Waals surface area contributed by atoms with Crippen molar-refractivity contribution in [3.8, 4) is 0 Å². The molecule has 0 aliphatic carbocycles. The first-order chi connectivity index (χ1) is 11.2. The SMILES string of the molecule is O=C(CCc1ccco1)OCC(=O)N1CCCc2ccccc21. The predicted octanol–water partition coefficient (Wildman–Crippen LogP) is 2.73. The van der Waals surface area contributed by atoms with E-state index in [4.69, 9.17) is 9.15 Å². The fraction of sp³-hybridized carbons (Fsp3) is 0.333. The fourth-order valence-corrected chi connectivity index (χ4v) is 2.77. The first-order valence-corrected chi connectivity index (χ1v) is 7.80. The number of fused-ring (bicyclic) bond motifs is 1. The van der Waals surface area contributed by atoms with Crippen molar-refractivity contribution in [3.05, 3.63) is 54.0 Å². The number of amides is 1. The van der Waals surface area contributed by atoms with E-state index in [1.807, 2.05) is 30.3 Å².